The summed E-state index contributed by atoms with van der Waals surface area (Å²) in [6.07, 6.45) is 4.17. The van der Waals surface area contributed by atoms with E-state index in [1.54, 1.807) is 24.4 Å². The number of nitrogens with one attached hydrogen (secondary N) is 1. The van der Waals surface area contributed by atoms with E-state index in [1.807, 2.05) is 30.3 Å². The van der Waals surface area contributed by atoms with Gasteiger partial charge in [-0.05, 0) is 12.1 Å². The van der Waals surface area contributed by atoms with Gasteiger partial charge in [0, 0.05) is 44.5 Å². The molecule has 0 atom stereocenters. The Balaban J connectivity index is 1.64. The van der Waals surface area contributed by atoms with Gasteiger partial charge in [0.15, 0.2) is 0 Å². The van der Waals surface area contributed by atoms with Crippen LogP contribution >= 0.6 is 0 Å². The molecular formula is C19H22N4O3. The van der Waals surface area contributed by atoms with Crippen LogP contribution in [0.5, 0.6) is 5.75 Å². The number of carbonyl (C=O) groups excluding carboxylic acids is 2. The second-order valence-electron chi connectivity index (χ2n) is 6.05. The number of hydrogen-bond acceptors (Lipinski definition) is 5. The third-order valence-corrected chi connectivity index (χ3v) is 4.45. The Morgan fingerprint density at radius 2 is 2.00 bits per heavy atom. The van der Waals surface area contributed by atoms with E-state index in [2.05, 4.69) is 15.2 Å². The van der Waals surface area contributed by atoms with Gasteiger partial charge in [-0.2, -0.15) is 0 Å². The number of ether oxygens (including phenoxy) is 1. The molecule has 1 aromatic heterocycles. The van der Waals surface area contributed by atoms with Crippen LogP contribution in [0.2, 0.25) is 0 Å². The number of nitrogens with zero attached hydrogens (tertiary/aromatic N) is 3. The monoisotopic (exact) mass is 354 g/mol. The minimum Gasteiger partial charge on any atom is -0.496 e. The molecule has 2 amide bonds. The predicted molar refractivity (Wildman–Crippen MR) is 98.3 cm³/mol. The van der Waals surface area contributed by atoms with Crippen LogP contribution < -0.4 is 15.0 Å². The maximum absolute atomic E-state index is 12.5. The van der Waals surface area contributed by atoms with E-state index < -0.39 is 0 Å². The highest BCUT2D eigenvalue weighted by atomic mass is 16.5. The molecule has 0 bridgehead atoms. The summed E-state index contributed by atoms with van der Waals surface area (Å²) in [5.74, 6) is 0.560. The van der Waals surface area contributed by atoms with Crippen molar-refractivity contribution in [2.45, 2.75) is 6.54 Å². The largest absolute Gasteiger partial charge is 0.496 e. The number of piperazine rings is 1. The molecule has 1 N–H and O–H groups in total. The van der Waals surface area contributed by atoms with E-state index in [0.717, 1.165) is 36.5 Å². The van der Waals surface area contributed by atoms with E-state index >= 15 is 0 Å². The third kappa shape index (κ3) is 4.11. The lowest BCUT2D eigenvalue weighted by Crippen LogP contribution is -2.45. The number of aromatic nitrogens is 1. The van der Waals surface area contributed by atoms with Crippen LogP contribution in [-0.2, 0) is 11.3 Å². The number of benzene rings is 1. The fourth-order valence-electron chi connectivity index (χ4n) is 2.94. The number of anilines is 1. The molecule has 1 fully saturated rings. The second-order valence-corrected chi connectivity index (χ2v) is 6.05. The van der Waals surface area contributed by atoms with Crippen LogP contribution in [0.1, 0.15) is 15.9 Å². The van der Waals surface area contributed by atoms with E-state index in [1.165, 1.54) is 0 Å². The lowest BCUT2D eigenvalue weighted by molar-refractivity contribution is -0.118. The molecule has 26 heavy (non-hydrogen) atoms. The SMILES string of the molecule is COc1ccccc1CNC(=O)c1cncc(N2CCN(C=O)CC2)c1. The number of para-hydroxylation sites is 1. The van der Waals surface area contributed by atoms with Crippen molar-refractivity contribution in [2.24, 2.45) is 0 Å². The summed E-state index contributed by atoms with van der Waals surface area (Å²) in [6, 6.07) is 9.41. The first kappa shape index (κ1) is 17.7. The van der Waals surface area contributed by atoms with E-state index in [0.29, 0.717) is 25.2 Å². The topological polar surface area (TPSA) is 74.8 Å². The fourth-order valence-corrected chi connectivity index (χ4v) is 2.94. The quantitative estimate of drug-likeness (QED) is 0.792. The number of methoxy groups -OCH3 is 1. The number of carbonyl (C=O) groups is 2. The van der Waals surface area contributed by atoms with Crippen molar-refractivity contribution in [1.29, 1.82) is 0 Å². The number of rotatable bonds is 6. The minimum absolute atomic E-state index is 0.184. The molecule has 2 heterocycles. The Kier molecular flexibility index (Phi) is 5.68. The van der Waals surface area contributed by atoms with Gasteiger partial charge >= 0.3 is 0 Å². The van der Waals surface area contributed by atoms with Gasteiger partial charge in [-0.15, -0.1) is 0 Å². The third-order valence-electron chi connectivity index (χ3n) is 4.45. The van der Waals surface area contributed by atoms with E-state index in [-0.39, 0.29) is 5.91 Å². The smallest absolute Gasteiger partial charge is 0.253 e. The minimum atomic E-state index is -0.184. The Labute approximate surface area is 152 Å². The van der Waals surface area contributed by atoms with Crippen LogP contribution in [0, 0.1) is 0 Å². The molecule has 136 valence electrons. The fraction of sp³-hybridized carbons (Fsp3) is 0.316. The summed E-state index contributed by atoms with van der Waals surface area (Å²) in [6.45, 7) is 3.19. The molecule has 7 nitrogen and oxygen atoms in total. The Bertz CT molecular complexity index is 773. The summed E-state index contributed by atoms with van der Waals surface area (Å²) >= 11 is 0. The predicted octanol–water partition coefficient (Wildman–Crippen LogP) is 1.30. The maximum atomic E-state index is 12.5. The average Bonchev–Trinajstić information content (AvgIpc) is 2.72. The van der Waals surface area contributed by atoms with Crippen LogP contribution in [0.15, 0.2) is 42.7 Å². The zero-order valence-electron chi connectivity index (χ0n) is 14.7. The first-order valence-corrected chi connectivity index (χ1v) is 8.50. The van der Waals surface area contributed by atoms with Gasteiger partial charge in [0.05, 0.1) is 24.6 Å². The van der Waals surface area contributed by atoms with Crippen molar-refractivity contribution in [1.82, 2.24) is 15.2 Å². The van der Waals surface area contributed by atoms with Crippen molar-refractivity contribution in [2.75, 3.05) is 38.2 Å². The molecule has 1 aliphatic heterocycles. The summed E-state index contributed by atoms with van der Waals surface area (Å²) in [4.78, 5) is 31.4. The highest BCUT2D eigenvalue weighted by molar-refractivity contribution is 5.94. The first-order chi connectivity index (χ1) is 12.7. The second kappa shape index (κ2) is 8.33. The molecule has 0 spiro atoms. The Morgan fingerprint density at radius 1 is 1.23 bits per heavy atom. The standard InChI is InChI=1S/C19H22N4O3/c1-26-18-5-3-2-4-15(18)12-21-19(25)16-10-17(13-20-11-16)23-8-6-22(14-24)7-9-23/h2-5,10-11,13-14H,6-9,12H2,1H3,(H,21,25). The molecule has 2 aromatic rings. The van der Waals surface area contributed by atoms with Crippen molar-refractivity contribution in [3.8, 4) is 5.75 Å². The van der Waals surface area contributed by atoms with Crippen LogP contribution in [0.25, 0.3) is 0 Å². The normalized spacial score (nSPS) is 14.0. The Hall–Kier alpha value is -3.09. The van der Waals surface area contributed by atoms with Gasteiger partial charge in [-0.1, -0.05) is 18.2 Å². The van der Waals surface area contributed by atoms with Gasteiger partial charge in [-0.3, -0.25) is 14.6 Å². The van der Waals surface area contributed by atoms with Crippen molar-refractivity contribution >= 4 is 18.0 Å². The van der Waals surface area contributed by atoms with Gasteiger partial charge in [0.1, 0.15) is 5.75 Å². The van der Waals surface area contributed by atoms with Gasteiger partial charge in [0.2, 0.25) is 6.41 Å². The molecule has 0 radical (unpaired) electrons. The number of amides is 2. The van der Waals surface area contributed by atoms with E-state index in [4.69, 9.17) is 4.74 Å². The van der Waals surface area contributed by atoms with Gasteiger partial charge in [-0.25, -0.2) is 0 Å². The zero-order chi connectivity index (χ0) is 18.4. The molecular weight excluding hydrogens is 332 g/mol. The molecule has 1 aliphatic rings. The average molecular weight is 354 g/mol. The molecule has 1 aromatic carbocycles. The first-order valence-electron chi connectivity index (χ1n) is 8.50. The zero-order valence-corrected chi connectivity index (χ0v) is 14.7. The molecule has 1 saturated heterocycles. The lowest BCUT2D eigenvalue weighted by Gasteiger charge is -2.34. The molecule has 0 unspecified atom stereocenters. The van der Waals surface area contributed by atoms with Crippen LogP contribution in [-0.4, -0.2) is 55.5 Å². The van der Waals surface area contributed by atoms with Crippen LogP contribution in [0.4, 0.5) is 5.69 Å². The van der Waals surface area contributed by atoms with Crippen molar-refractivity contribution in [3.05, 3.63) is 53.9 Å². The highest BCUT2D eigenvalue weighted by Gasteiger charge is 2.17. The van der Waals surface area contributed by atoms with Gasteiger partial charge in [0.25, 0.3) is 5.91 Å². The van der Waals surface area contributed by atoms with Crippen molar-refractivity contribution in [3.63, 3.8) is 0 Å². The number of pyridine rings is 1. The lowest BCUT2D eigenvalue weighted by atomic mass is 10.2. The summed E-state index contributed by atoms with van der Waals surface area (Å²) < 4.78 is 5.30. The Morgan fingerprint density at radius 3 is 2.73 bits per heavy atom. The molecule has 0 saturated carbocycles. The molecule has 0 aliphatic carbocycles. The van der Waals surface area contributed by atoms with Crippen LogP contribution in [0.3, 0.4) is 0 Å². The number of hydrogen-bond donors (Lipinski definition) is 1. The maximum Gasteiger partial charge on any atom is 0.253 e. The highest BCUT2D eigenvalue weighted by Crippen LogP contribution is 2.18. The summed E-state index contributed by atoms with van der Waals surface area (Å²) in [5, 5.41) is 2.90. The molecule has 3 rings (SSSR count). The van der Waals surface area contributed by atoms with Gasteiger partial charge < -0.3 is 19.9 Å². The summed E-state index contributed by atoms with van der Waals surface area (Å²) in [7, 11) is 1.61. The van der Waals surface area contributed by atoms with Crippen molar-refractivity contribution < 1.29 is 14.3 Å². The van der Waals surface area contributed by atoms with E-state index in [9.17, 15) is 9.59 Å². The molecule has 7 heteroatoms. The summed E-state index contributed by atoms with van der Waals surface area (Å²) in [5.41, 5.74) is 2.31.